The quantitative estimate of drug-likeness (QED) is 0.320. The van der Waals surface area contributed by atoms with Gasteiger partial charge in [-0.3, -0.25) is 0 Å². The van der Waals surface area contributed by atoms with Gasteiger partial charge in [-0.15, -0.1) is 24.0 Å². The number of para-hydroxylation sites is 1. The predicted octanol–water partition coefficient (Wildman–Crippen LogP) is 3.09. The molecular weight excluding hydrogens is 377 g/mol. The van der Waals surface area contributed by atoms with E-state index in [4.69, 9.17) is 4.74 Å². The molecule has 1 aliphatic rings. The van der Waals surface area contributed by atoms with Gasteiger partial charge < -0.3 is 15.4 Å². The Hall–Kier alpha value is -1.24. The van der Waals surface area contributed by atoms with Crippen LogP contribution in [0.4, 0.5) is 0 Å². The van der Waals surface area contributed by atoms with Crippen molar-refractivity contribution in [1.82, 2.24) is 10.6 Å². The Balaban J connectivity index is 0.00000220. The lowest BCUT2D eigenvalue weighted by atomic mass is 10.2. The van der Waals surface area contributed by atoms with Gasteiger partial charge in [-0.25, -0.2) is 4.99 Å². The zero-order valence-corrected chi connectivity index (χ0v) is 14.8. The third-order valence-electron chi connectivity index (χ3n) is 3.00. The highest BCUT2D eigenvalue weighted by atomic mass is 127. The predicted molar refractivity (Wildman–Crippen MR) is 98.5 cm³/mol. The number of rotatable bonds is 7. The smallest absolute Gasteiger partial charge is 0.191 e. The van der Waals surface area contributed by atoms with Crippen LogP contribution in [0.5, 0.6) is 5.75 Å². The molecule has 0 saturated heterocycles. The summed E-state index contributed by atoms with van der Waals surface area (Å²) in [5.74, 6) is 1.76. The Morgan fingerprint density at radius 2 is 2.19 bits per heavy atom. The summed E-state index contributed by atoms with van der Waals surface area (Å²) in [6.07, 6.45) is 4.23. The lowest BCUT2D eigenvalue weighted by Crippen LogP contribution is -2.38. The third kappa shape index (κ3) is 6.37. The first-order valence-electron chi connectivity index (χ1n) is 7.20. The first-order valence-corrected chi connectivity index (χ1v) is 7.20. The van der Waals surface area contributed by atoms with Crippen LogP contribution in [0, 0.1) is 0 Å². The molecule has 1 saturated carbocycles. The molecule has 21 heavy (non-hydrogen) atoms. The van der Waals surface area contributed by atoms with Crippen molar-refractivity contribution in [2.24, 2.45) is 4.99 Å². The molecule has 1 aromatic rings. The van der Waals surface area contributed by atoms with E-state index >= 15 is 0 Å². The summed E-state index contributed by atoms with van der Waals surface area (Å²) in [6.45, 7) is 7.74. The number of nitrogens with zero attached hydrogens (tertiary/aromatic N) is 1. The van der Waals surface area contributed by atoms with E-state index in [1.165, 1.54) is 12.8 Å². The molecule has 2 rings (SSSR count). The van der Waals surface area contributed by atoms with Crippen LogP contribution < -0.4 is 15.4 Å². The molecule has 1 aliphatic carbocycles. The summed E-state index contributed by atoms with van der Waals surface area (Å²) in [5.41, 5.74) is 1.09. The minimum absolute atomic E-state index is 0. The van der Waals surface area contributed by atoms with Crippen molar-refractivity contribution in [3.05, 3.63) is 42.5 Å². The average Bonchev–Trinajstić information content (AvgIpc) is 3.27. The second-order valence-electron chi connectivity index (χ2n) is 4.82. The highest BCUT2D eigenvalue weighted by molar-refractivity contribution is 14.0. The number of hydrogen-bond donors (Lipinski definition) is 2. The van der Waals surface area contributed by atoms with E-state index in [0.717, 1.165) is 23.8 Å². The second-order valence-corrected chi connectivity index (χ2v) is 4.82. The van der Waals surface area contributed by atoms with Gasteiger partial charge in [-0.05, 0) is 25.8 Å². The van der Waals surface area contributed by atoms with Crippen molar-refractivity contribution < 1.29 is 4.74 Å². The molecule has 4 nitrogen and oxygen atoms in total. The first-order chi connectivity index (χ1) is 9.83. The zero-order valence-electron chi connectivity index (χ0n) is 12.5. The summed E-state index contributed by atoms with van der Waals surface area (Å²) in [6, 6.07) is 8.59. The van der Waals surface area contributed by atoms with E-state index in [0.29, 0.717) is 19.2 Å². The van der Waals surface area contributed by atoms with Gasteiger partial charge in [0, 0.05) is 18.2 Å². The fraction of sp³-hybridized carbons (Fsp3) is 0.438. The lowest BCUT2D eigenvalue weighted by molar-refractivity contribution is 0.359. The fourth-order valence-corrected chi connectivity index (χ4v) is 1.83. The molecule has 1 aromatic carbocycles. The van der Waals surface area contributed by atoms with Gasteiger partial charge in [0.15, 0.2) is 5.96 Å². The number of nitrogens with one attached hydrogen (secondary N) is 2. The van der Waals surface area contributed by atoms with Gasteiger partial charge in [0.2, 0.25) is 0 Å². The van der Waals surface area contributed by atoms with Crippen molar-refractivity contribution in [2.75, 3.05) is 13.2 Å². The SMILES string of the molecule is C=CCOc1ccccc1CN=C(NCC)NC1CC1.I. The van der Waals surface area contributed by atoms with Crippen LogP contribution in [-0.2, 0) is 6.54 Å². The van der Waals surface area contributed by atoms with Crippen LogP contribution in [0.25, 0.3) is 0 Å². The van der Waals surface area contributed by atoms with Gasteiger partial charge in [0.25, 0.3) is 0 Å². The molecule has 0 aliphatic heterocycles. The Morgan fingerprint density at radius 3 is 2.86 bits per heavy atom. The standard InChI is InChI=1S/C16H23N3O.HI/c1-3-11-20-15-8-6-5-7-13(15)12-18-16(17-4-2)19-14-9-10-14;/h3,5-8,14H,1,4,9-12H2,2H3,(H2,17,18,19);1H. The second kappa shape index (κ2) is 9.65. The number of halogens is 1. The number of benzene rings is 1. The Labute approximate surface area is 144 Å². The maximum atomic E-state index is 5.64. The van der Waals surface area contributed by atoms with Crippen LogP contribution in [0.2, 0.25) is 0 Å². The van der Waals surface area contributed by atoms with Gasteiger partial charge in [-0.1, -0.05) is 30.9 Å². The number of aliphatic imine (C=N–C) groups is 1. The van der Waals surface area contributed by atoms with E-state index in [1.807, 2.05) is 24.3 Å². The minimum Gasteiger partial charge on any atom is -0.489 e. The average molecular weight is 401 g/mol. The number of guanidine groups is 1. The van der Waals surface area contributed by atoms with E-state index in [2.05, 4.69) is 29.1 Å². The van der Waals surface area contributed by atoms with Gasteiger partial charge in [0.05, 0.1) is 6.54 Å². The van der Waals surface area contributed by atoms with Crippen LogP contribution in [-0.4, -0.2) is 25.2 Å². The minimum atomic E-state index is 0. The zero-order chi connectivity index (χ0) is 14.2. The molecule has 0 bridgehead atoms. The lowest BCUT2D eigenvalue weighted by Gasteiger charge is -2.12. The van der Waals surface area contributed by atoms with E-state index in [9.17, 15) is 0 Å². The molecule has 0 amide bonds. The third-order valence-corrected chi connectivity index (χ3v) is 3.00. The van der Waals surface area contributed by atoms with Crippen molar-refractivity contribution in [2.45, 2.75) is 32.4 Å². The molecule has 116 valence electrons. The summed E-state index contributed by atoms with van der Waals surface area (Å²) >= 11 is 0. The van der Waals surface area contributed by atoms with Crippen LogP contribution in [0.3, 0.4) is 0 Å². The molecule has 0 atom stereocenters. The van der Waals surface area contributed by atoms with Gasteiger partial charge in [-0.2, -0.15) is 0 Å². The maximum absolute atomic E-state index is 5.64. The number of hydrogen-bond acceptors (Lipinski definition) is 2. The maximum Gasteiger partial charge on any atom is 0.191 e. The summed E-state index contributed by atoms with van der Waals surface area (Å²) < 4.78 is 5.64. The van der Waals surface area contributed by atoms with Crippen molar-refractivity contribution in [1.29, 1.82) is 0 Å². The summed E-state index contributed by atoms with van der Waals surface area (Å²) in [4.78, 5) is 4.62. The molecule has 0 heterocycles. The molecule has 5 heteroatoms. The van der Waals surface area contributed by atoms with Crippen LogP contribution in [0.15, 0.2) is 41.9 Å². The van der Waals surface area contributed by atoms with Crippen LogP contribution in [0.1, 0.15) is 25.3 Å². The van der Waals surface area contributed by atoms with Crippen molar-refractivity contribution in [3.8, 4) is 5.75 Å². The molecule has 0 spiro atoms. The molecule has 1 fully saturated rings. The molecule has 2 N–H and O–H groups in total. The van der Waals surface area contributed by atoms with E-state index < -0.39 is 0 Å². The summed E-state index contributed by atoms with van der Waals surface area (Å²) in [5, 5.41) is 6.68. The highest BCUT2D eigenvalue weighted by Gasteiger charge is 2.22. The molecule has 0 radical (unpaired) electrons. The number of ether oxygens (including phenoxy) is 1. The normalized spacial score (nSPS) is 14.0. The van der Waals surface area contributed by atoms with Crippen molar-refractivity contribution in [3.63, 3.8) is 0 Å². The molecule has 0 aromatic heterocycles. The monoisotopic (exact) mass is 401 g/mol. The highest BCUT2D eigenvalue weighted by Crippen LogP contribution is 2.20. The van der Waals surface area contributed by atoms with Crippen LogP contribution >= 0.6 is 24.0 Å². The fourth-order valence-electron chi connectivity index (χ4n) is 1.83. The largest absolute Gasteiger partial charge is 0.489 e. The Kier molecular flexibility index (Phi) is 8.19. The van der Waals surface area contributed by atoms with Gasteiger partial charge >= 0.3 is 0 Å². The topological polar surface area (TPSA) is 45.6 Å². The Morgan fingerprint density at radius 1 is 1.43 bits per heavy atom. The molecular formula is C16H24IN3O. The van der Waals surface area contributed by atoms with Gasteiger partial charge in [0.1, 0.15) is 12.4 Å². The first kappa shape index (κ1) is 17.8. The van der Waals surface area contributed by atoms with E-state index in [-0.39, 0.29) is 24.0 Å². The molecule has 0 unspecified atom stereocenters. The summed E-state index contributed by atoms with van der Waals surface area (Å²) in [7, 11) is 0. The van der Waals surface area contributed by atoms with Crippen molar-refractivity contribution >= 4 is 29.9 Å². The Bertz CT molecular complexity index is 472. The van der Waals surface area contributed by atoms with E-state index in [1.54, 1.807) is 6.08 Å².